The molecule has 1 fully saturated rings. The third-order valence-corrected chi connectivity index (χ3v) is 7.86. The third kappa shape index (κ3) is 6.90. The number of alkyl halides is 3. The summed E-state index contributed by atoms with van der Waals surface area (Å²) in [5.74, 6) is 0.216. The highest BCUT2D eigenvalue weighted by Crippen LogP contribution is 2.38. The number of likely N-dealkylation sites (N-methyl/N-ethyl adjacent to an activating group) is 1. The van der Waals surface area contributed by atoms with Crippen molar-refractivity contribution in [3.63, 3.8) is 0 Å². The number of halogens is 3. The van der Waals surface area contributed by atoms with Crippen molar-refractivity contribution in [2.24, 2.45) is 0 Å². The van der Waals surface area contributed by atoms with Crippen LogP contribution >= 0.6 is 0 Å². The van der Waals surface area contributed by atoms with E-state index in [4.69, 9.17) is 4.74 Å². The Morgan fingerprint density at radius 1 is 1.11 bits per heavy atom. The Bertz CT molecular complexity index is 1360. The average molecular weight is 552 g/mol. The highest BCUT2D eigenvalue weighted by atomic mass is 32.2. The van der Waals surface area contributed by atoms with Crippen LogP contribution in [0.5, 0.6) is 11.6 Å². The summed E-state index contributed by atoms with van der Waals surface area (Å²) in [5.41, 5.74) is 1.04. The number of hydrogen-bond acceptors (Lipinski definition) is 8. The van der Waals surface area contributed by atoms with E-state index < -0.39 is 16.4 Å². The van der Waals surface area contributed by atoms with E-state index >= 15 is 0 Å². The molecule has 0 saturated heterocycles. The standard InChI is InChI=1S/C25H28F3N5O4S/c1-16-22(38(34,35)32-23-11-12-29-15-30-23)9-10-24(31-16)36-21-8-7-18(14-20(21)33(2)3)17-5-4-6-19(13-17)37-25(26,27)28/h4-6,9-13,15,18,20-21H,7-8,14H2,1-3H3,(H,29,30,32)/t18-,20-,21-/m0/s1. The molecule has 0 aliphatic heterocycles. The molecule has 38 heavy (non-hydrogen) atoms. The lowest BCUT2D eigenvalue weighted by molar-refractivity contribution is -0.274. The van der Waals surface area contributed by atoms with Crippen LogP contribution in [0.3, 0.4) is 0 Å². The van der Waals surface area contributed by atoms with Gasteiger partial charge in [-0.2, -0.15) is 0 Å². The predicted octanol–water partition coefficient (Wildman–Crippen LogP) is 4.52. The van der Waals surface area contributed by atoms with Gasteiger partial charge in [-0.05, 0) is 76.0 Å². The molecule has 13 heteroatoms. The van der Waals surface area contributed by atoms with Crippen molar-refractivity contribution >= 4 is 15.8 Å². The number of aromatic nitrogens is 3. The van der Waals surface area contributed by atoms with E-state index in [2.05, 4.69) is 24.4 Å². The Kier molecular flexibility index (Phi) is 8.07. The molecule has 2 heterocycles. The summed E-state index contributed by atoms with van der Waals surface area (Å²) < 4.78 is 76.3. The lowest BCUT2D eigenvalue weighted by Gasteiger charge is -2.39. The second-order valence-corrected chi connectivity index (χ2v) is 10.9. The second kappa shape index (κ2) is 11.1. The molecular weight excluding hydrogens is 523 g/mol. The second-order valence-electron chi connectivity index (χ2n) is 9.25. The zero-order valence-electron chi connectivity index (χ0n) is 21.0. The quantitative estimate of drug-likeness (QED) is 0.436. The predicted molar refractivity (Wildman–Crippen MR) is 133 cm³/mol. The van der Waals surface area contributed by atoms with Gasteiger partial charge in [0.1, 0.15) is 28.9 Å². The third-order valence-electron chi connectivity index (χ3n) is 6.38. The first-order chi connectivity index (χ1) is 17.9. The van der Waals surface area contributed by atoms with Crippen molar-refractivity contribution in [2.45, 2.75) is 55.5 Å². The van der Waals surface area contributed by atoms with E-state index in [9.17, 15) is 21.6 Å². The Morgan fingerprint density at radius 3 is 2.55 bits per heavy atom. The number of pyridine rings is 1. The number of nitrogens with zero attached hydrogens (tertiary/aromatic N) is 4. The van der Waals surface area contributed by atoms with Crippen molar-refractivity contribution in [1.29, 1.82) is 0 Å². The van der Waals surface area contributed by atoms with E-state index in [0.29, 0.717) is 25.1 Å². The number of ether oxygens (including phenoxy) is 2. The van der Waals surface area contributed by atoms with Gasteiger partial charge < -0.3 is 14.4 Å². The smallest absolute Gasteiger partial charge is 0.473 e. The summed E-state index contributed by atoms with van der Waals surface area (Å²) in [6.07, 6.45) is -0.348. The number of nitrogens with one attached hydrogen (secondary N) is 1. The summed E-state index contributed by atoms with van der Waals surface area (Å²) in [6.45, 7) is 1.58. The van der Waals surface area contributed by atoms with Crippen molar-refractivity contribution in [2.75, 3.05) is 18.8 Å². The molecule has 4 rings (SSSR count). The van der Waals surface area contributed by atoms with Gasteiger partial charge in [0.05, 0.1) is 5.69 Å². The summed E-state index contributed by atoms with van der Waals surface area (Å²) >= 11 is 0. The maximum absolute atomic E-state index is 12.8. The number of sulfonamides is 1. The lowest BCUT2D eigenvalue weighted by Crippen LogP contribution is -2.46. The van der Waals surface area contributed by atoms with E-state index in [1.807, 2.05) is 19.0 Å². The SMILES string of the molecule is Cc1nc(O[C@H]2CC[C@H](c3cccc(OC(F)(F)F)c3)C[C@@H]2N(C)C)ccc1S(=O)(=O)Nc1ccncn1. The summed E-state index contributed by atoms with van der Waals surface area (Å²) in [6, 6.07) is 10.4. The van der Waals surface area contributed by atoms with Gasteiger partial charge in [0.25, 0.3) is 10.0 Å². The van der Waals surface area contributed by atoms with Crippen molar-refractivity contribution in [3.8, 4) is 11.6 Å². The highest BCUT2D eigenvalue weighted by Gasteiger charge is 2.35. The molecule has 1 aliphatic rings. The Hall–Kier alpha value is -3.45. The van der Waals surface area contributed by atoms with Crippen LogP contribution < -0.4 is 14.2 Å². The summed E-state index contributed by atoms with van der Waals surface area (Å²) in [4.78, 5) is 14.0. The first kappa shape index (κ1) is 27.6. The molecule has 0 radical (unpaired) electrons. The highest BCUT2D eigenvalue weighted by molar-refractivity contribution is 7.92. The van der Waals surface area contributed by atoms with Crippen LogP contribution in [0.4, 0.5) is 19.0 Å². The maximum atomic E-state index is 12.8. The van der Waals surface area contributed by atoms with E-state index in [-0.39, 0.29) is 40.2 Å². The molecule has 1 aliphatic carbocycles. The largest absolute Gasteiger partial charge is 0.573 e. The van der Waals surface area contributed by atoms with Gasteiger partial charge in [-0.25, -0.2) is 23.4 Å². The Balaban J connectivity index is 1.46. The minimum Gasteiger partial charge on any atom is -0.473 e. The number of rotatable bonds is 8. The number of hydrogen-bond donors (Lipinski definition) is 1. The molecule has 9 nitrogen and oxygen atoms in total. The van der Waals surface area contributed by atoms with E-state index in [0.717, 1.165) is 5.56 Å². The zero-order chi connectivity index (χ0) is 27.5. The van der Waals surface area contributed by atoms with Crippen LogP contribution in [-0.4, -0.2) is 60.9 Å². The van der Waals surface area contributed by atoms with Gasteiger partial charge >= 0.3 is 6.36 Å². The van der Waals surface area contributed by atoms with Crippen molar-refractivity contribution < 1.29 is 31.1 Å². The fourth-order valence-electron chi connectivity index (χ4n) is 4.64. The molecule has 204 valence electrons. The van der Waals surface area contributed by atoms with Crippen molar-refractivity contribution in [3.05, 3.63) is 66.2 Å². The first-order valence-corrected chi connectivity index (χ1v) is 13.3. The molecule has 0 unspecified atom stereocenters. The fourth-order valence-corrected chi connectivity index (χ4v) is 5.83. The van der Waals surface area contributed by atoms with Crippen LogP contribution in [0.1, 0.15) is 36.4 Å². The monoisotopic (exact) mass is 551 g/mol. The first-order valence-electron chi connectivity index (χ1n) is 11.9. The minimum absolute atomic E-state index is 0.00251. The average Bonchev–Trinajstić information content (AvgIpc) is 2.83. The molecule has 0 amide bonds. The summed E-state index contributed by atoms with van der Waals surface area (Å²) in [5, 5.41) is 0. The molecule has 2 aromatic heterocycles. The number of aryl methyl sites for hydroxylation is 1. The Morgan fingerprint density at radius 2 is 1.89 bits per heavy atom. The summed E-state index contributed by atoms with van der Waals surface area (Å²) in [7, 11) is -0.0854. The van der Waals surface area contributed by atoms with Crippen LogP contribution in [0.2, 0.25) is 0 Å². The topological polar surface area (TPSA) is 107 Å². The number of anilines is 1. The van der Waals surface area contributed by atoms with Gasteiger partial charge in [-0.3, -0.25) is 4.72 Å². The van der Waals surface area contributed by atoms with Crippen LogP contribution in [0, 0.1) is 6.92 Å². The molecule has 1 N–H and O–H groups in total. The molecule has 1 aromatic carbocycles. The molecule has 0 spiro atoms. The van der Waals surface area contributed by atoms with Gasteiger partial charge in [0.15, 0.2) is 0 Å². The maximum Gasteiger partial charge on any atom is 0.573 e. The lowest BCUT2D eigenvalue weighted by atomic mass is 9.79. The molecule has 0 bridgehead atoms. The van der Waals surface area contributed by atoms with Gasteiger partial charge in [0.2, 0.25) is 5.88 Å². The molecule has 3 aromatic rings. The van der Waals surface area contributed by atoms with Gasteiger partial charge in [-0.1, -0.05) is 12.1 Å². The minimum atomic E-state index is -4.75. The molecular formula is C25H28F3N5O4S. The zero-order valence-corrected chi connectivity index (χ0v) is 21.8. The number of benzene rings is 1. The van der Waals surface area contributed by atoms with E-state index in [1.165, 1.54) is 42.9 Å². The Labute approximate surface area is 219 Å². The van der Waals surface area contributed by atoms with Crippen LogP contribution in [0.25, 0.3) is 0 Å². The van der Waals surface area contributed by atoms with Gasteiger partial charge in [0, 0.05) is 18.3 Å². The molecule has 1 saturated carbocycles. The fraction of sp³-hybridized carbons (Fsp3) is 0.400. The normalized spacial score (nSPS) is 20.2. The van der Waals surface area contributed by atoms with Crippen LogP contribution in [0.15, 0.2) is 59.9 Å². The molecule has 3 atom stereocenters. The van der Waals surface area contributed by atoms with Gasteiger partial charge in [-0.15, -0.1) is 13.2 Å². The van der Waals surface area contributed by atoms with Crippen LogP contribution in [-0.2, 0) is 10.0 Å². The van der Waals surface area contributed by atoms with E-state index in [1.54, 1.807) is 19.1 Å². The van der Waals surface area contributed by atoms with Crippen molar-refractivity contribution in [1.82, 2.24) is 19.9 Å².